The molecule has 0 rings (SSSR count). The van der Waals surface area contributed by atoms with Gasteiger partial charge >= 0.3 is 0 Å². The lowest BCUT2D eigenvalue weighted by Gasteiger charge is -2.06. The van der Waals surface area contributed by atoms with E-state index in [2.05, 4.69) is 22.6 Å². The Bertz CT molecular complexity index is 106. The van der Waals surface area contributed by atoms with Crippen molar-refractivity contribution in [2.24, 2.45) is 0 Å². The maximum Gasteiger partial charge on any atom is -0.00210 e. The van der Waals surface area contributed by atoms with Crippen LogP contribution >= 0.6 is 33.4 Å². The molecule has 0 aliphatic carbocycles. The van der Waals surface area contributed by atoms with Gasteiger partial charge in [-0.2, -0.15) is 0 Å². The minimum Gasteiger partial charge on any atom is -0.421 e. The van der Waals surface area contributed by atoms with Crippen LogP contribution in [0.15, 0.2) is 0 Å². The predicted octanol–water partition coefficient (Wildman–Crippen LogP) is 2.19. The molecule has 0 spiro atoms. The van der Waals surface area contributed by atoms with Crippen molar-refractivity contribution in [3.05, 3.63) is 0 Å². The molecule has 50 valence electrons. The molecular weight excluding hydrogens is 253 g/mol. The first kappa shape index (κ1) is 9.14. The van der Waals surface area contributed by atoms with E-state index in [1.165, 1.54) is 0 Å². The van der Waals surface area contributed by atoms with Crippen LogP contribution in [0.3, 0.4) is 0 Å². The number of halogens is 1. The van der Waals surface area contributed by atoms with Gasteiger partial charge in [0.2, 0.25) is 0 Å². The Kier molecular flexibility index (Phi) is 7.16. The predicted molar refractivity (Wildman–Crippen MR) is 51.0 cm³/mol. The average molecular weight is 262 g/mol. The Morgan fingerprint density at radius 1 is 1.75 bits per heavy atom. The van der Waals surface area contributed by atoms with Crippen LogP contribution in [0.2, 0.25) is 0 Å². The molecule has 0 amide bonds. The van der Waals surface area contributed by atoms with E-state index in [1.807, 2.05) is 6.26 Å². The van der Waals surface area contributed by atoms with Gasteiger partial charge in [-0.15, -0.1) is 5.75 Å². The first-order valence-corrected chi connectivity index (χ1v) is 6.93. The van der Waals surface area contributed by atoms with Gasteiger partial charge in [0, 0.05) is 0 Å². The fourth-order valence-electron chi connectivity index (χ4n) is 0.261. The van der Waals surface area contributed by atoms with Gasteiger partial charge in [0.15, 0.2) is 0 Å². The Balaban J connectivity index is 3.04. The molecule has 1 nitrogen and oxygen atoms in total. The quantitative estimate of drug-likeness (QED) is 0.329. The highest BCUT2D eigenvalue weighted by molar-refractivity contribution is 14.1. The van der Waals surface area contributed by atoms with Gasteiger partial charge in [-0.3, -0.25) is 20.3 Å². The molecule has 0 heterocycles. The van der Waals surface area contributed by atoms with Crippen molar-refractivity contribution >= 4 is 42.9 Å². The molecule has 0 saturated carbocycles. The SMILES string of the molecule is CS[S-](#N)CCCI. The van der Waals surface area contributed by atoms with E-state index >= 15 is 0 Å². The third kappa shape index (κ3) is 5.28. The minimum absolute atomic E-state index is 0.365. The van der Waals surface area contributed by atoms with Crippen molar-refractivity contribution < 1.29 is 0 Å². The van der Waals surface area contributed by atoms with Crippen molar-refractivity contribution in [2.75, 3.05) is 16.4 Å². The third-order valence-corrected chi connectivity index (χ3v) is 4.08. The Morgan fingerprint density at radius 3 is 2.75 bits per heavy atom. The fraction of sp³-hybridized carbons (Fsp3) is 1.00. The second-order valence-electron chi connectivity index (χ2n) is 1.23. The average Bonchev–Trinajstić information content (AvgIpc) is 1.83. The lowest BCUT2D eigenvalue weighted by atomic mass is 10.6. The van der Waals surface area contributed by atoms with E-state index in [0.717, 1.165) is 16.6 Å². The summed E-state index contributed by atoms with van der Waals surface area (Å²) in [5.74, 6) is 0.962. The molecule has 0 fully saturated rings. The molecule has 0 unspecified atom stereocenters. The Labute approximate surface area is 70.1 Å². The van der Waals surface area contributed by atoms with Crippen molar-refractivity contribution in [3.8, 4) is 0 Å². The summed E-state index contributed by atoms with van der Waals surface area (Å²) in [6.45, 7) is 0. The second kappa shape index (κ2) is 6.26. The Morgan fingerprint density at radius 2 is 2.38 bits per heavy atom. The van der Waals surface area contributed by atoms with Gasteiger partial charge in [-0.05, 0) is 10.7 Å². The lowest BCUT2D eigenvalue weighted by molar-refractivity contribution is 1.15. The first-order chi connectivity index (χ1) is 3.81. The first-order valence-electron chi connectivity index (χ1n) is 2.31. The van der Waals surface area contributed by atoms with E-state index < -0.39 is 0 Å². The summed E-state index contributed by atoms with van der Waals surface area (Å²) in [5, 5.41) is 0. The van der Waals surface area contributed by atoms with Crippen molar-refractivity contribution in [1.82, 2.24) is 0 Å². The van der Waals surface area contributed by atoms with Crippen LogP contribution in [-0.4, -0.2) is 16.4 Å². The minimum atomic E-state index is -0.365. The smallest absolute Gasteiger partial charge is 0.00210 e. The number of hydrogen-bond donors (Lipinski definition) is 0. The number of hydrogen-bond acceptors (Lipinski definition) is 3. The Hall–Kier alpha value is 1.14. The van der Waals surface area contributed by atoms with Gasteiger partial charge in [0.25, 0.3) is 0 Å². The summed E-state index contributed by atoms with van der Waals surface area (Å²) in [7, 11) is 1.18. The zero-order valence-electron chi connectivity index (χ0n) is 4.76. The number of rotatable bonds is 2. The van der Waals surface area contributed by atoms with Crippen molar-refractivity contribution in [2.45, 2.75) is 6.42 Å². The van der Waals surface area contributed by atoms with Crippen LogP contribution in [0.4, 0.5) is 0 Å². The molecule has 0 bridgehead atoms. The molecule has 0 aliphatic heterocycles. The van der Waals surface area contributed by atoms with E-state index in [1.54, 1.807) is 10.8 Å². The molecule has 0 aromatic carbocycles. The highest BCUT2D eigenvalue weighted by Gasteiger charge is 1.76. The lowest BCUT2D eigenvalue weighted by Crippen LogP contribution is -1.87. The molecule has 0 saturated heterocycles. The van der Waals surface area contributed by atoms with Gasteiger partial charge in [-0.25, -0.2) is 0 Å². The van der Waals surface area contributed by atoms with Crippen molar-refractivity contribution in [1.29, 1.82) is 4.61 Å². The summed E-state index contributed by atoms with van der Waals surface area (Å²) >= 11 is 2.32. The largest absolute Gasteiger partial charge is 0.421 e. The van der Waals surface area contributed by atoms with Crippen LogP contribution < -0.4 is 0 Å². The van der Waals surface area contributed by atoms with Gasteiger partial charge in [0.05, 0.1) is 0 Å². The van der Waals surface area contributed by atoms with Gasteiger partial charge in [-0.1, -0.05) is 29.0 Å². The number of alkyl halides is 1. The summed E-state index contributed by atoms with van der Waals surface area (Å²) < 4.78 is 10.1. The van der Waals surface area contributed by atoms with Gasteiger partial charge < -0.3 is 4.61 Å². The molecule has 8 heavy (non-hydrogen) atoms. The monoisotopic (exact) mass is 262 g/mol. The summed E-state index contributed by atoms with van der Waals surface area (Å²) in [4.78, 5) is 0. The van der Waals surface area contributed by atoms with Crippen molar-refractivity contribution in [3.63, 3.8) is 0 Å². The maximum absolute atomic E-state index is 8.98. The maximum atomic E-state index is 8.98. The molecule has 0 aromatic heterocycles. The molecule has 0 aliphatic rings. The zero-order valence-corrected chi connectivity index (χ0v) is 8.55. The highest BCUT2D eigenvalue weighted by Crippen LogP contribution is 2.02. The number of nitrogens with zero attached hydrogens (tertiary/aromatic N) is 1. The van der Waals surface area contributed by atoms with Crippen LogP contribution in [0.5, 0.6) is 0 Å². The third-order valence-electron chi connectivity index (χ3n) is 0.645. The summed E-state index contributed by atoms with van der Waals surface area (Å²) in [6, 6.07) is 0. The topological polar surface area (TPSA) is 23.8 Å². The second-order valence-corrected chi connectivity index (χ2v) is 5.85. The zero-order chi connectivity index (χ0) is 6.41. The van der Waals surface area contributed by atoms with E-state index in [0.29, 0.717) is 0 Å². The van der Waals surface area contributed by atoms with E-state index in [4.69, 9.17) is 4.61 Å². The van der Waals surface area contributed by atoms with Crippen LogP contribution in [0.25, 0.3) is 0 Å². The molecule has 0 radical (unpaired) electrons. The normalized spacial score (nSPS) is 10.2. The molecule has 0 aromatic rings. The molecule has 0 N–H and O–H groups in total. The fourth-order valence-corrected chi connectivity index (χ4v) is 2.57. The standard InChI is InChI=1S/C4H9INS2/c1-7-8(6)4-2-3-5/h2-4H2,1H3/q-1. The summed E-state index contributed by atoms with van der Waals surface area (Å²) in [6.07, 6.45) is 3.08. The molecular formula is C4H9INS2-. The molecule has 4 heteroatoms. The van der Waals surface area contributed by atoms with E-state index in [9.17, 15) is 0 Å². The van der Waals surface area contributed by atoms with Crippen LogP contribution in [0.1, 0.15) is 6.42 Å². The van der Waals surface area contributed by atoms with Crippen LogP contribution in [0, 0.1) is 4.61 Å². The summed E-state index contributed by atoms with van der Waals surface area (Å²) in [5.41, 5.74) is 0. The molecule has 0 atom stereocenters. The van der Waals surface area contributed by atoms with Crippen LogP contribution in [-0.2, 0) is 9.56 Å². The van der Waals surface area contributed by atoms with Gasteiger partial charge in [0.1, 0.15) is 0 Å². The highest BCUT2D eigenvalue weighted by atomic mass is 127. The van der Waals surface area contributed by atoms with E-state index in [-0.39, 0.29) is 9.56 Å².